The van der Waals surface area contributed by atoms with Crippen LogP contribution in [0.15, 0.2) is 82.7 Å². The van der Waals surface area contributed by atoms with E-state index in [1.54, 1.807) is 59.5 Å². The molecule has 4 aromatic rings. The molecule has 0 saturated carbocycles. The van der Waals surface area contributed by atoms with Gasteiger partial charge in [0.2, 0.25) is 5.91 Å². The number of thioether (sulfide) groups is 1. The van der Waals surface area contributed by atoms with E-state index >= 15 is 0 Å². The quantitative estimate of drug-likeness (QED) is 0.125. The minimum Gasteiger partial charge on any atom is -0.444 e. The second kappa shape index (κ2) is 15.3. The van der Waals surface area contributed by atoms with E-state index in [4.69, 9.17) is 4.74 Å². The Bertz CT molecular complexity index is 1890. The summed E-state index contributed by atoms with van der Waals surface area (Å²) in [5.74, 6) is -1.14. The van der Waals surface area contributed by atoms with Crippen LogP contribution < -0.4 is 16.0 Å². The summed E-state index contributed by atoms with van der Waals surface area (Å²) < 4.78 is 5.50. The highest BCUT2D eigenvalue weighted by molar-refractivity contribution is 8.00. The van der Waals surface area contributed by atoms with Gasteiger partial charge in [0.25, 0.3) is 11.8 Å². The SMILES string of the molecule is CC(C)(C)OC(=O)N1CCc2c(sc(NC(=O)CSc3cccc(NC(=O)/C(=C/c4cccs4)NC(=O)c4ccccc4)c3)c2C#N)C1. The lowest BCUT2D eigenvalue weighted by atomic mass is 10.0. The molecule has 1 aliphatic heterocycles. The molecule has 2 aromatic carbocycles. The molecule has 0 radical (unpaired) electrons. The first-order valence-electron chi connectivity index (χ1n) is 15.0. The van der Waals surface area contributed by atoms with Gasteiger partial charge >= 0.3 is 6.09 Å². The van der Waals surface area contributed by atoms with E-state index in [1.165, 1.54) is 34.4 Å². The van der Waals surface area contributed by atoms with Crippen LogP contribution in [0.3, 0.4) is 0 Å². The highest BCUT2D eigenvalue weighted by atomic mass is 32.2. The molecule has 10 nitrogen and oxygen atoms in total. The average Bonchev–Trinajstić information content (AvgIpc) is 3.70. The van der Waals surface area contributed by atoms with Gasteiger partial charge in [-0.2, -0.15) is 5.26 Å². The van der Waals surface area contributed by atoms with Gasteiger partial charge in [-0.05, 0) is 80.6 Å². The third kappa shape index (κ3) is 9.13. The number of rotatable bonds is 9. The molecule has 0 aliphatic carbocycles. The van der Waals surface area contributed by atoms with Gasteiger partial charge in [-0.15, -0.1) is 34.4 Å². The van der Waals surface area contributed by atoms with E-state index in [0.29, 0.717) is 41.3 Å². The summed E-state index contributed by atoms with van der Waals surface area (Å²) in [5.41, 5.74) is 1.66. The fourth-order valence-corrected chi connectivity index (χ4v) is 7.37. The molecule has 0 unspecified atom stereocenters. The lowest BCUT2D eigenvalue weighted by Gasteiger charge is -2.29. The van der Waals surface area contributed by atoms with Crippen LogP contribution in [0, 0.1) is 11.3 Å². The normalized spacial score (nSPS) is 12.8. The first-order valence-corrected chi connectivity index (χ1v) is 17.7. The average molecular weight is 700 g/mol. The maximum Gasteiger partial charge on any atom is 0.410 e. The second-order valence-electron chi connectivity index (χ2n) is 11.7. The zero-order valence-electron chi connectivity index (χ0n) is 26.5. The van der Waals surface area contributed by atoms with Gasteiger partial charge < -0.3 is 25.6 Å². The largest absolute Gasteiger partial charge is 0.444 e. The Hall–Kier alpha value is -4.90. The number of hydrogen-bond donors (Lipinski definition) is 3. The molecular formula is C35H33N5O5S3. The van der Waals surface area contributed by atoms with Gasteiger partial charge in [-0.25, -0.2) is 4.79 Å². The van der Waals surface area contributed by atoms with Crippen molar-refractivity contribution in [3.05, 3.63) is 104 Å². The molecule has 0 atom stereocenters. The number of carbonyl (C=O) groups excluding carboxylic acids is 4. The van der Waals surface area contributed by atoms with Crippen molar-refractivity contribution in [2.75, 3.05) is 22.9 Å². The first kappa shape index (κ1) is 34.4. The molecule has 5 rings (SSSR count). The highest BCUT2D eigenvalue weighted by Crippen LogP contribution is 2.37. The van der Waals surface area contributed by atoms with Crippen molar-refractivity contribution in [1.82, 2.24) is 10.2 Å². The monoisotopic (exact) mass is 699 g/mol. The summed E-state index contributed by atoms with van der Waals surface area (Å²) in [4.78, 5) is 55.8. The van der Waals surface area contributed by atoms with Crippen LogP contribution in [0.2, 0.25) is 0 Å². The summed E-state index contributed by atoms with van der Waals surface area (Å²) >= 11 is 4.01. The van der Waals surface area contributed by atoms with Crippen molar-refractivity contribution in [2.24, 2.45) is 0 Å². The maximum atomic E-state index is 13.3. The Balaban J connectivity index is 1.20. The molecule has 1 aliphatic rings. The van der Waals surface area contributed by atoms with Crippen molar-refractivity contribution < 1.29 is 23.9 Å². The molecule has 3 N–H and O–H groups in total. The van der Waals surface area contributed by atoms with Crippen LogP contribution in [0.4, 0.5) is 15.5 Å². The Morgan fingerprint density at radius 3 is 2.54 bits per heavy atom. The van der Waals surface area contributed by atoms with Crippen LogP contribution in [-0.4, -0.2) is 46.6 Å². The summed E-state index contributed by atoms with van der Waals surface area (Å²) in [5, 5.41) is 20.6. The minimum absolute atomic E-state index is 0.0610. The van der Waals surface area contributed by atoms with Crippen LogP contribution >= 0.6 is 34.4 Å². The van der Waals surface area contributed by atoms with Crippen molar-refractivity contribution >= 4 is 75.0 Å². The lowest BCUT2D eigenvalue weighted by Crippen LogP contribution is -2.39. The third-order valence-corrected chi connectivity index (χ3v) is 9.84. The molecule has 2 aromatic heterocycles. The highest BCUT2D eigenvalue weighted by Gasteiger charge is 2.30. The van der Waals surface area contributed by atoms with Crippen LogP contribution in [0.5, 0.6) is 0 Å². The van der Waals surface area contributed by atoms with Gasteiger partial charge in [0.1, 0.15) is 22.4 Å². The number of fused-ring (bicyclic) bond motifs is 1. The molecule has 4 amide bonds. The molecule has 3 heterocycles. The fourth-order valence-electron chi connectivity index (χ4n) is 4.72. The standard InChI is InChI=1S/C35H33N5O5S3/c1-35(2,3)45-34(44)40-15-14-26-27(19-36)33(48-29(26)20-40)39-30(41)21-47-24-12-7-11-23(17-24)37-32(43)28(18-25-13-8-16-46-25)38-31(42)22-9-5-4-6-10-22/h4-13,16-18H,14-15,20-21H2,1-3H3,(H,37,43)(H,38,42)(H,39,41)/b28-18-. The predicted molar refractivity (Wildman–Crippen MR) is 190 cm³/mol. The number of ether oxygens (including phenoxy) is 1. The zero-order valence-corrected chi connectivity index (χ0v) is 28.9. The summed E-state index contributed by atoms with van der Waals surface area (Å²) in [7, 11) is 0. The third-order valence-electron chi connectivity index (χ3n) is 6.89. The maximum absolute atomic E-state index is 13.3. The predicted octanol–water partition coefficient (Wildman–Crippen LogP) is 7.11. The van der Waals surface area contributed by atoms with E-state index in [9.17, 15) is 24.4 Å². The zero-order chi connectivity index (χ0) is 34.3. The Kier molecular flexibility index (Phi) is 11.0. The number of anilines is 2. The second-order valence-corrected chi connectivity index (χ2v) is 14.8. The van der Waals surface area contributed by atoms with Crippen molar-refractivity contribution in [3.8, 4) is 6.07 Å². The Morgan fingerprint density at radius 2 is 1.83 bits per heavy atom. The number of thiophene rings is 2. The summed E-state index contributed by atoms with van der Waals surface area (Å²) in [6.45, 7) is 6.17. The van der Waals surface area contributed by atoms with Gasteiger partial charge in [0.15, 0.2) is 0 Å². The number of hydrogen-bond acceptors (Lipinski definition) is 9. The Labute approximate surface area is 290 Å². The van der Waals surface area contributed by atoms with Crippen molar-refractivity contribution in [2.45, 2.75) is 44.2 Å². The molecule has 0 saturated heterocycles. The minimum atomic E-state index is -0.614. The number of nitrogens with zero attached hydrogens (tertiary/aromatic N) is 2. The van der Waals surface area contributed by atoms with E-state index in [1.807, 2.05) is 44.4 Å². The molecular weight excluding hydrogens is 667 g/mol. The molecule has 0 bridgehead atoms. The topological polar surface area (TPSA) is 141 Å². The molecule has 0 fully saturated rings. The molecule has 0 spiro atoms. The van der Waals surface area contributed by atoms with E-state index < -0.39 is 23.5 Å². The number of amides is 4. The van der Waals surface area contributed by atoms with E-state index in [-0.39, 0.29) is 17.4 Å². The summed E-state index contributed by atoms with van der Waals surface area (Å²) in [6, 6.07) is 21.6. The molecule has 48 heavy (non-hydrogen) atoms. The van der Waals surface area contributed by atoms with Crippen molar-refractivity contribution in [3.63, 3.8) is 0 Å². The smallest absolute Gasteiger partial charge is 0.410 e. The molecule has 246 valence electrons. The van der Waals surface area contributed by atoms with Gasteiger partial charge in [-0.1, -0.05) is 30.3 Å². The fraction of sp³-hybridized carbons (Fsp3) is 0.229. The summed E-state index contributed by atoms with van der Waals surface area (Å²) in [6.07, 6.45) is 1.71. The van der Waals surface area contributed by atoms with Gasteiger partial charge in [0.05, 0.1) is 17.9 Å². The number of benzene rings is 2. The van der Waals surface area contributed by atoms with Gasteiger partial charge in [0, 0.05) is 32.4 Å². The lowest BCUT2D eigenvalue weighted by molar-refractivity contribution is -0.114. The van der Waals surface area contributed by atoms with E-state index in [2.05, 4.69) is 22.0 Å². The van der Waals surface area contributed by atoms with Crippen LogP contribution in [0.25, 0.3) is 6.08 Å². The van der Waals surface area contributed by atoms with E-state index in [0.717, 1.165) is 20.2 Å². The number of nitrogens with one attached hydrogen (secondary N) is 3. The Morgan fingerprint density at radius 1 is 1.04 bits per heavy atom. The first-order chi connectivity index (χ1) is 23.0. The van der Waals surface area contributed by atoms with Crippen LogP contribution in [0.1, 0.15) is 52.0 Å². The van der Waals surface area contributed by atoms with Crippen LogP contribution in [-0.2, 0) is 27.3 Å². The van der Waals surface area contributed by atoms with Gasteiger partial charge in [-0.3, -0.25) is 14.4 Å². The number of nitriles is 1. The molecule has 13 heteroatoms. The van der Waals surface area contributed by atoms with Crippen molar-refractivity contribution in [1.29, 1.82) is 5.26 Å². The number of carbonyl (C=O) groups is 4.